The molecule has 1 heterocycles. The molecule has 1 aliphatic rings. The van der Waals surface area contributed by atoms with E-state index >= 15 is 0 Å². The summed E-state index contributed by atoms with van der Waals surface area (Å²) in [6.45, 7) is 4.04. The molecule has 1 N–H and O–H groups in total. The first kappa shape index (κ1) is 12.5. The Morgan fingerprint density at radius 3 is 2.50 bits per heavy atom. The molecule has 1 saturated heterocycles. The fourth-order valence-electron chi connectivity index (χ4n) is 1.13. The number of hydrogen-bond donors (Lipinski definition) is 1. The third-order valence-corrected chi connectivity index (χ3v) is 2.11. The Kier molecular flexibility index (Phi) is 7.19. The number of morpholine rings is 1. The quantitative estimate of drug-likeness (QED) is 0.690. The summed E-state index contributed by atoms with van der Waals surface area (Å²) in [4.78, 5) is 2.16. The van der Waals surface area contributed by atoms with Gasteiger partial charge in [-0.2, -0.15) is 0 Å². The van der Waals surface area contributed by atoms with Gasteiger partial charge in [0.05, 0.1) is 19.3 Å². The van der Waals surface area contributed by atoms with Crippen molar-refractivity contribution in [1.82, 2.24) is 4.90 Å². The van der Waals surface area contributed by atoms with E-state index in [9.17, 15) is 5.11 Å². The minimum Gasteiger partial charge on any atom is -0.391 e. The van der Waals surface area contributed by atoms with Crippen molar-refractivity contribution in [3.05, 3.63) is 0 Å². The maximum absolute atomic E-state index is 9.20. The molecule has 0 saturated carbocycles. The van der Waals surface area contributed by atoms with Gasteiger partial charge in [-0.05, 0) is 0 Å². The van der Waals surface area contributed by atoms with Crippen molar-refractivity contribution in [3.63, 3.8) is 0 Å². The molecule has 0 spiro atoms. The van der Waals surface area contributed by atoms with Gasteiger partial charge in [0.15, 0.2) is 0 Å². The molecule has 1 fully saturated rings. The molecule has 1 aliphatic heterocycles. The van der Waals surface area contributed by atoms with Crippen molar-refractivity contribution in [2.45, 2.75) is 6.10 Å². The first-order chi connectivity index (χ1) is 5.33. The lowest BCUT2D eigenvalue weighted by Gasteiger charge is -2.27. The van der Waals surface area contributed by atoms with Crippen molar-refractivity contribution in [3.8, 4) is 0 Å². The highest BCUT2D eigenvalue weighted by Crippen LogP contribution is 1.99. The normalized spacial score (nSPS) is 21.5. The van der Waals surface area contributed by atoms with Crippen molar-refractivity contribution >= 4 is 24.0 Å². The molecule has 0 radical (unpaired) electrons. The topological polar surface area (TPSA) is 32.7 Å². The summed E-state index contributed by atoms with van der Waals surface area (Å²) in [5.41, 5.74) is 0. The van der Waals surface area contributed by atoms with E-state index in [1.54, 1.807) is 0 Å². The van der Waals surface area contributed by atoms with Crippen molar-refractivity contribution in [2.75, 3.05) is 38.7 Å². The Labute approximate surface area is 84.0 Å². The van der Waals surface area contributed by atoms with Gasteiger partial charge >= 0.3 is 0 Å². The lowest BCUT2D eigenvalue weighted by Crippen LogP contribution is -2.41. The van der Waals surface area contributed by atoms with E-state index in [0.717, 1.165) is 26.3 Å². The second-order valence-corrected chi connectivity index (χ2v) is 3.03. The van der Waals surface area contributed by atoms with E-state index in [0.29, 0.717) is 12.4 Å². The third kappa shape index (κ3) is 4.48. The highest BCUT2D eigenvalue weighted by atomic mass is 35.5. The molecule has 5 heteroatoms. The number of alkyl halides is 1. The maximum Gasteiger partial charge on any atom is 0.0802 e. The third-order valence-electron chi connectivity index (χ3n) is 1.75. The Balaban J connectivity index is 0.00000121. The van der Waals surface area contributed by atoms with Crippen molar-refractivity contribution < 1.29 is 9.84 Å². The Hall–Kier alpha value is 0.460. The summed E-state index contributed by atoms with van der Waals surface area (Å²) in [6.07, 6.45) is -0.394. The smallest absolute Gasteiger partial charge is 0.0802 e. The van der Waals surface area contributed by atoms with Crippen LogP contribution in [0.25, 0.3) is 0 Å². The van der Waals surface area contributed by atoms with Crippen LogP contribution in [-0.4, -0.2) is 54.8 Å². The predicted octanol–water partition coefficient (Wildman–Crippen LogP) is 0.340. The number of aliphatic hydroxyl groups is 1. The van der Waals surface area contributed by atoms with Crippen LogP contribution in [0.2, 0.25) is 0 Å². The van der Waals surface area contributed by atoms with Gasteiger partial charge in [-0.3, -0.25) is 4.90 Å². The molecule has 0 aliphatic carbocycles. The van der Waals surface area contributed by atoms with Gasteiger partial charge in [0.25, 0.3) is 0 Å². The number of ether oxygens (including phenoxy) is 1. The summed E-state index contributed by atoms with van der Waals surface area (Å²) in [5, 5.41) is 9.20. The molecule has 74 valence electrons. The number of hydrogen-bond acceptors (Lipinski definition) is 3. The first-order valence-corrected chi connectivity index (χ1v) is 4.40. The summed E-state index contributed by atoms with van der Waals surface area (Å²) < 4.78 is 5.16. The van der Waals surface area contributed by atoms with Gasteiger partial charge < -0.3 is 9.84 Å². The summed E-state index contributed by atoms with van der Waals surface area (Å²) in [7, 11) is 0. The average molecular weight is 216 g/mol. The Morgan fingerprint density at radius 2 is 2.00 bits per heavy atom. The van der Waals surface area contributed by atoms with Gasteiger partial charge in [0.1, 0.15) is 0 Å². The zero-order valence-corrected chi connectivity index (χ0v) is 8.48. The van der Waals surface area contributed by atoms with Crippen LogP contribution in [0.1, 0.15) is 0 Å². The molecule has 0 bridgehead atoms. The van der Waals surface area contributed by atoms with Crippen LogP contribution in [0.4, 0.5) is 0 Å². The molecule has 0 aromatic heterocycles. The second-order valence-electron chi connectivity index (χ2n) is 2.72. The standard InChI is InChI=1S/C7H14ClNO2.ClH/c8-5-7(10)6-9-1-3-11-4-2-9;/h7,10H,1-6H2;1H. The summed E-state index contributed by atoms with van der Waals surface area (Å²) in [6, 6.07) is 0. The van der Waals surface area contributed by atoms with Gasteiger partial charge in [0.2, 0.25) is 0 Å². The zero-order chi connectivity index (χ0) is 8.10. The van der Waals surface area contributed by atoms with Crippen LogP contribution in [-0.2, 0) is 4.74 Å². The second kappa shape index (κ2) is 6.92. The van der Waals surface area contributed by atoms with Gasteiger partial charge in [-0.1, -0.05) is 0 Å². The van der Waals surface area contributed by atoms with E-state index < -0.39 is 6.10 Å². The van der Waals surface area contributed by atoms with E-state index in [-0.39, 0.29) is 12.4 Å². The number of nitrogens with zero attached hydrogens (tertiary/aromatic N) is 1. The van der Waals surface area contributed by atoms with Crippen LogP contribution >= 0.6 is 24.0 Å². The SMILES string of the molecule is Cl.OC(CCl)CN1CCOCC1. The van der Waals surface area contributed by atoms with Gasteiger partial charge in [-0.25, -0.2) is 0 Å². The molecule has 1 atom stereocenters. The van der Waals surface area contributed by atoms with E-state index in [2.05, 4.69) is 4.90 Å². The average Bonchev–Trinajstić information content (AvgIpc) is 2.06. The minimum atomic E-state index is -0.394. The molecule has 1 unspecified atom stereocenters. The molecular formula is C7H15Cl2NO2. The molecule has 0 aromatic rings. The molecule has 3 nitrogen and oxygen atoms in total. The fourth-order valence-corrected chi connectivity index (χ4v) is 1.23. The number of β-amino-alcohol motifs (C(OH)–C–C–N with tert-alkyl or cyclic N) is 1. The van der Waals surface area contributed by atoms with Crippen molar-refractivity contribution in [1.29, 1.82) is 0 Å². The van der Waals surface area contributed by atoms with E-state index in [4.69, 9.17) is 16.3 Å². The zero-order valence-electron chi connectivity index (χ0n) is 6.91. The summed E-state index contributed by atoms with van der Waals surface area (Å²) >= 11 is 5.46. The van der Waals surface area contributed by atoms with Gasteiger partial charge in [-0.15, -0.1) is 24.0 Å². The van der Waals surface area contributed by atoms with Gasteiger partial charge in [0, 0.05) is 25.5 Å². The molecule has 1 rings (SSSR count). The van der Waals surface area contributed by atoms with Crippen LogP contribution in [0.5, 0.6) is 0 Å². The van der Waals surface area contributed by atoms with Crippen LogP contribution < -0.4 is 0 Å². The molecule has 0 amide bonds. The van der Waals surface area contributed by atoms with Crippen LogP contribution in [0, 0.1) is 0 Å². The minimum absolute atomic E-state index is 0. The molecule has 0 aromatic carbocycles. The Bertz CT molecular complexity index is 110. The molecular weight excluding hydrogens is 201 g/mol. The fraction of sp³-hybridized carbons (Fsp3) is 1.00. The van der Waals surface area contributed by atoms with Crippen LogP contribution in [0.3, 0.4) is 0 Å². The largest absolute Gasteiger partial charge is 0.391 e. The monoisotopic (exact) mass is 215 g/mol. The highest BCUT2D eigenvalue weighted by molar-refractivity contribution is 6.18. The van der Waals surface area contributed by atoms with Crippen molar-refractivity contribution in [2.24, 2.45) is 0 Å². The highest BCUT2D eigenvalue weighted by Gasteiger charge is 2.13. The maximum atomic E-state index is 9.20. The number of halogens is 2. The lowest BCUT2D eigenvalue weighted by molar-refractivity contribution is 0.0186. The van der Waals surface area contributed by atoms with E-state index in [1.807, 2.05) is 0 Å². The number of rotatable bonds is 3. The lowest BCUT2D eigenvalue weighted by atomic mass is 10.3. The predicted molar refractivity (Wildman–Crippen MR) is 51.2 cm³/mol. The number of aliphatic hydroxyl groups excluding tert-OH is 1. The molecule has 12 heavy (non-hydrogen) atoms. The summed E-state index contributed by atoms with van der Waals surface area (Å²) in [5.74, 6) is 0.317. The van der Waals surface area contributed by atoms with E-state index in [1.165, 1.54) is 0 Å². The Morgan fingerprint density at radius 1 is 1.42 bits per heavy atom. The van der Waals surface area contributed by atoms with Crippen LogP contribution in [0.15, 0.2) is 0 Å². The first-order valence-electron chi connectivity index (χ1n) is 3.87.